The number of H-pyrrole nitrogens is 1. The molecule has 6 nitrogen and oxygen atoms in total. The lowest BCUT2D eigenvalue weighted by atomic mass is 9.90. The van der Waals surface area contributed by atoms with Crippen molar-refractivity contribution in [3.63, 3.8) is 0 Å². The van der Waals surface area contributed by atoms with Crippen LogP contribution in [-0.2, 0) is 0 Å². The third-order valence-corrected chi connectivity index (χ3v) is 5.52. The van der Waals surface area contributed by atoms with Gasteiger partial charge in [0.25, 0.3) is 0 Å². The number of nitrogens with two attached hydrogens (primary N) is 1. The number of carbonyl (C=O) groups excluding carboxylic acids is 1. The molecule has 1 atom stereocenters. The Bertz CT molecular complexity index is 1240. The first-order chi connectivity index (χ1) is 14.1. The summed E-state index contributed by atoms with van der Waals surface area (Å²) in [5.41, 5.74) is 11.2. The van der Waals surface area contributed by atoms with Crippen LogP contribution in [0.5, 0.6) is 0 Å². The molecule has 0 radical (unpaired) electrons. The molecule has 1 unspecified atom stereocenters. The first kappa shape index (κ1) is 17.6. The van der Waals surface area contributed by atoms with Crippen LogP contribution in [0, 0.1) is 0 Å². The molecule has 0 amide bonds. The SMILES string of the molecule is Nc1ncc(Cl)c(C(=O)CC2c3ccccc3-c3c(-c4ncc[nH]4)cccc32)n1. The van der Waals surface area contributed by atoms with Crippen molar-refractivity contribution in [2.75, 3.05) is 5.73 Å². The van der Waals surface area contributed by atoms with Crippen LogP contribution in [0.4, 0.5) is 5.95 Å². The molecule has 5 rings (SSSR count). The number of nitrogen functional groups attached to an aromatic ring is 1. The van der Waals surface area contributed by atoms with E-state index in [1.807, 2.05) is 24.3 Å². The van der Waals surface area contributed by atoms with E-state index in [1.165, 1.54) is 6.20 Å². The standard InChI is InChI=1S/C22H16ClN5O/c23-17-11-27-22(24)28-20(17)18(29)10-16-12-4-1-2-5-13(12)19-14(16)6-3-7-15(19)21-25-8-9-26-21/h1-9,11,16H,10H2,(H,25,26)(H2,24,27,28). The number of benzene rings is 2. The number of nitrogens with zero attached hydrogens (tertiary/aromatic N) is 3. The Morgan fingerprint density at radius 1 is 1.07 bits per heavy atom. The number of ketones is 1. The van der Waals surface area contributed by atoms with Crippen LogP contribution in [0.25, 0.3) is 22.5 Å². The lowest BCUT2D eigenvalue weighted by molar-refractivity contribution is 0.0973. The van der Waals surface area contributed by atoms with Gasteiger partial charge in [-0.05, 0) is 22.3 Å². The van der Waals surface area contributed by atoms with Gasteiger partial charge in [-0.3, -0.25) is 4.79 Å². The van der Waals surface area contributed by atoms with Gasteiger partial charge in [0.05, 0.1) is 11.2 Å². The monoisotopic (exact) mass is 401 g/mol. The van der Waals surface area contributed by atoms with Gasteiger partial charge in [0.15, 0.2) is 5.78 Å². The number of hydrogen-bond acceptors (Lipinski definition) is 5. The van der Waals surface area contributed by atoms with Crippen molar-refractivity contribution in [3.8, 4) is 22.5 Å². The molecule has 7 heteroatoms. The second-order valence-corrected chi connectivity index (χ2v) is 7.31. The van der Waals surface area contributed by atoms with Crippen LogP contribution < -0.4 is 5.73 Å². The first-order valence-corrected chi connectivity index (χ1v) is 9.54. The highest BCUT2D eigenvalue weighted by Gasteiger charge is 2.33. The Morgan fingerprint density at radius 3 is 2.69 bits per heavy atom. The van der Waals surface area contributed by atoms with Crippen molar-refractivity contribution in [2.24, 2.45) is 0 Å². The zero-order valence-electron chi connectivity index (χ0n) is 15.3. The Morgan fingerprint density at radius 2 is 1.86 bits per heavy atom. The van der Waals surface area contributed by atoms with Gasteiger partial charge in [0.2, 0.25) is 5.95 Å². The van der Waals surface area contributed by atoms with Crippen LogP contribution in [0.2, 0.25) is 5.02 Å². The molecule has 2 heterocycles. The van der Waals surface area contributed by atoms with Crippen LogP contribution in [0.1, 0.15) is 34.0 Å². The molecule has 4 aromatic rings. The van der Waals surface area contributed by atoms with Crippen molar-refractivity contribution in [1.82, 2.24) is 19.9 Å². The van der Waals surface area contributed by atoms with Gasteiger partial charge in [-0.2, -0.15) is 0 Å². The fourth-order valence-electron chi connectivity index (χ4n) is 4.05. The summed E-state index contributed by atoms with van der Waals surface area (Å²) < 4.78 is 0. The molecule has 0 bridgehead atoms. The molecule has 1 aliphatic rings. The summed E-state index contributed by atoms with van der Waals surface area (Å²) in [5.74, 6) is 0.566. The fraction of sp³-hybridized carbons (Fsp3) is 0.0909. The molecular weight excluding hydrogens is 386 g/mol. The van der Waals surface area contributed by atoms with E-state index in [-0.39, 0.29) is 34.8 Å². The van der Waals surface area contributed by atoms with Crippen molar-refractivity contribution in [2.45, 2.75) is 12.3 Å². The number of Topliss-reactive ketones (excluding diaryl/α,β-unsaturated/α-hetero) is 1. The molecule has 2 aromatic carbocycles. The van der Waals surface area contributed by atoms with E-state index in [2.05, 4.69) is 38.1 Å². The van der Waals surface area contributed by atoms with Gasteiger partial charge >= 0.3 is 0 Å². The van der Waals surface area contributed by atoms with Gasteiger partial charge < -0.3 is 10.7 Å². The highest BCUT2D eigenvalue weighted by Crippen LogP contribution is 2.50. The number of nitrogens with one attached hydrogen (secondary N) is 1. The molecule has 0 saturated carbocycles. The summed E-state index contributed by atoms with van der Waals surface area (Å²) in [7, 11) is 0. The summed E-state index contributed by atoms with van der Waals surface area (Å²) in [6.45, 7) is 0. The lowest BCUT2D eigenvalue weighted by Crippen LogP contribution is -2.11. The van der Waals surface area contributed by atoms with Crippen molar-refractivity contribution in [3.05, 3.63) is 82.9 Å². The molecule has 0 spiro atoms. The Hall–Kier alpha value is -3.51. The molecule has 0 saturated heterocycles. The van der Waals surface area contributed by atoms with Crippen LogP contribution >= 0.6 is 11.6 Å². The second-order valence-electron chi connectivity index (χ2n) is 6.90. The number of carbonyl (C=O) groups is 1. The number of aromatic nitrogens is 4. The smallest absolute Gasteiger partial charge is 0.220 e. The number of anilines is 1. The number of halogens is 1. The summed E-state index contributed by atoms with van der Waals surface area (Å²) in [6, 6.07) is 14.3. The van der Waals surface area contributed by atoms with Crippen molar-refractivity contribution >= 4 is 23.3 Å². The zero-order valence-corrected chi connectivity index (χ0v) is 16.0. The van der Waals surface area contributed by atoms with Crippen molar-refractivity contribution in [1.29, 1.82) is 0 Å². The summed E-state index contributed by atoms with van der Waals surface area (Å²) in [4.78, 5) is 28.6. The zero-order chi connectivity index (χ0) is 20.0. The first-order valence-electron chi connectivity index (χ1n) is 9.16. The number of aromatic amines is 1. The quantitative estimate of drug-likeness (QED) is 0.491. The third-order valence-electron chi connectivity index (χ3n) is 5.25. The largest absolute Gasteiger partial charge is 0.368 e. The molecule has 29 heavy (non-hydrogen) atoms. The second kappa shape index (κ2) is 6.83. The van der Waals surface area contributed by atoms with Crippen molar-refractivity contribution < 1.29 is 4.79 Å². The van der Waals surface area contributed by atoms with E-state index in [1.54, 1.807) is 12.4 Å². The van der Waals surface area contributed by atoms with Crippen LogP contribution in [-0.4, -0.2) is 25.7 Å². The lowest BCUT2D eigenvalue weighted by Gasteiger charge is -2.13. The topological polar surface area (TPSA) is 97.5 Å². The minimum atomic E-state index is -0.167. The number of imidazole rings is 1. The molecular formula is C22H16ClN5O. The minimum absolute atomic E-state index is 0.0325. The van der Waals surface area contributed by atoms with Gasteiger partial charge in [-0.15, -0.1) is 0 Å². The van der Waals surface area contributed by atoms with Crippen LogP contribution in [0.15, 0.2) is 61.1 Å². The number of rotatable bonds is 4. The maximum atomic E-state index is 13.1. The molecule has 142 valence electrons. The van der Waals surface area contributed by atoms with E-state index in [4.69, 9.17) is 17.3 Å². The highest BCUT2D eigenvalue weighted by molar-refractivity contribution is 6.33. The normalized spacial score (nSPS) is 14.4. The average molecular weight is 402 g/mol. The maximum Gasteiger partial charge on any atom is 0.220 e. The molecule has 1 aliphatic carbocycles. The number of hydrogen-bond donors (Lipinski definition) is 2. The van der Waals surface area contributed by atoms with E-state index in [9.17, 15) is 4.79 Å². The van der Waals surface area contributed by atoms with E-state index in [0.717, 1.165) is 33.6 Å². The van der Waals surface area contributed by atoms with E-state index in [0.29, 0.717) is 0 Å². The predicted octanol–water partition coefficient (Wildman–Crippen LogP) is 4.49. The van der Waals surface area contributed by atoms with E-state index >= 15 is 0 Å². The Labute approximate surface area is 171 Å². The molecule has 0 fully saturated rings. The number of fused-ring (bicyclic) bond motifs is 3. The maximum absolute atomic E-state index is 13.1. The van der Waals surface area contributed by atoms with Gasteiger partial charge in [0, 0.05) is 30.3 Å². The molecule has 0 aliphatic heterocycles. The third kappa shape index (κ3) is 2.89. The minimum Gasteiger partial charge on any atom is -0.368 e. The van der Waals surface area contributed by atoms with Gasteiger partial charge in [0.1, 0.15) is 11.5 Å². The molecule has 3 N–H and O–H groups in total. The van der Waals surface area contributed by atoms with Gasteiger partial charge in [-0.25, -0.2) is 15.0 Å². The van der Waals surface area contributed by atoms with Crippen LogP contribution in [0.3, 0.4) is 0 Å². The summed E-state index contributed by atoms with van der Waals surface area (Å²) in [6.07, 6.45) is 5.14. The molecule has 2 aromatic heterocycles. The average Bonchev–Trinajstić information content (AvgIpc) is 3.37. The Balaban J connectivity index is 1.62. The highest BCUT2D eigenvalue weighted by atomic mass is 35.5. The van der Waals surface area contributed by atoms with E-state index < -0.39 is 0 Å². The Kier molecular flexibility index (Phi) is 4.14. The fourth-order valence-corrected chi connectivity index (χ4v) is 4.24. The van der Waals surface area contributed by atoms with Gasteiger partial charge in [-0.1, -0.05) is 54.1 Å². The predicted molar refractivity (Wildman–Crippen MR) is 112 cm³/mol. The summed E-state index contributed by atoms with van der Waals surface area (Å²) in [5, 5.41) is 0.208. The summed E-state index contributed by atoms with van der Waals surface area (Å²) >= 11 is 6.16.